The lowest BCUT2D eigenvalue weighted by molar-refractivity contribution is -0.127. The molecule has 0 saturated carbocycles. The van der Waals surface area contributed by atoms with E-state index in [-0.39, 0.29) is 18.2 Å². The molecule has 0 aromatic heterocycles. The van der Waals surface area contributed by atoms with Crippen LogP contribution in [0.2, 0.25) is 5.02 Å². The van der Waals surface area contributed by atoms with Crippen LogP contribution in [0.15, 0.2) is 24.3 Å². The van der Waals surface area contributed by atoms with Gasteiger partial charge in [0.1, 0.15) is 0 Å². The fourth-order valence-corrected chi connectivity index (χ4v) is 1.87. The molecule has 2 amide bonds. The van der Waals surface area contributed by atoms with Crippen molar-refractivity contribution in [3.05, 3.63) is 29.3 Å². The van der Waals surface area contributed by atoms with Crippen LogP contribution >= 0.6 is 11.6 Å². The molecule has 6 heteroatoms. The maximum atomic E-state index is 11.7. The predicted octanol–water partition coefficient (Wildman–Crippen LogP) is 0.757. The van der Waals surface area contributed by atoms with E-state index < -0.39 is 6.04 Å². The Hall–Kier alpha value is -1.59. The third kappa shape index (κ3) is 3.45. The molecule has 0 radical (unpaired) electrons. The van der Waals surface area contributed by atoms with Gasteiger partial charge in [-0.2, -0.15) is 0 Å². The highest BCUT2D eigenvalue weighted by Gasteiger charge is 2.23. The first kappa shape index (κ1) is 12.9. The molecule has 18 heavy (non-hydrogen) atoms. The Morgan fingerprint density at radius 1 is 1.33 bits per heavy atom. The van der Waals surface area contributed by atoms with Crippen LogP contribution in [0.3, 0.4) is 0 Å². The van der Waals surface area contributed by atoms with E-state index in [0.29, 0.717) is 23.8 Å². The first-order valence-electron chi connectivity index (χ1n) is 5.71. The van der Waals surface area contributed by atoms with Gasteiger partial charge in [0.25, 0.3) is 0 Å². The van der Waals surface area contributed by atoms with Gasteiger partial charge in [-0.3, -0.25) is 9.59 Å². The Labute approximate surface area is 110 Å². The Balaban J connectivity index is 1.88. The monoisotopic (exact) mass is 267 g/mol. The molecule has 1 saturated heterocycles. The minimum atomic E-state index is -0.453. The number of anilines is 1. The number of nitrogens with one attached hydrogen (secondary N) is 3. The Morgan fingerprint density at radius 2 is 2.06 bits per heavy atom. The van der Waals surface area contributed by atoms with Crippen LogP contribution in [-0.4, -0.2) is 30.9 Å². The molecule has 96 valence electrons. The highest BCUT2D eigenvalue weighted by atomic mass is 35.5. The summed E-state index contributed by atoms with van der Waals surface area (Å²) in [5.74, 6) is -0.334. The SMILES string of the molecule is O=C(C[C@@H]1NCCNC1=O)Nc1ccc(Cl)cc1. The van der Waals surface area contributed by atoms with E-state index in [0.717, 1.165) is 0 Å². The van der Waals surface area contributed by atoms with Gasteiger partial charge in [-0.05, 0) is 24.3 Å². The summed E-state index contributed by atoms with van der Waals surface area (Å²) in [6, 6.07) is 6.38. The number of benzene rings is 1. The quantitative estimate of drug-likeness (QED) is 0.757. The summed E-state index contributed by atoms with van der Waals surface area (Å²) >= 11 is 5.75. The van der Waals surface area contributed by atoms with Gasteiger partial charge >= 0.3 is 0 Å². The van der Waals surface area contributed by atoms with Crippen LogP contribution in [0.4, 0.5) is 5.69 Å². The number of amides is 2. The van der Waals surface area contributed by atoms with E-state index >= 15 is 0 Å². The van der Waals surface area contributed by atoms with Crippen molar-refractivity contribution in [2.24, 2.45) is 0 Å². The zero-order valence-corrected chi connectivity index (χ0v) is 10.5. The molecular weight excluding hydrogens is 254 g/mol. The number of carbonyl (C=O) groups excluding carboxylic acids is 2. The van der Waals surface area contributed by atoms with Crippen LogP contribution in [0.25, 0.3) is 0 Å². The predicted molar refractivity (Wildman–Crippen MR) is 69.5 cm³/mol. The molecule has 1 aromatic carbocycles. The summed E-state index contributed by atoms with van der Waals surface area (Å²) in [5, 5.41) is 9.04. The number of rotatable bonds is 3. The van der Waals surface area contributed by atoms with E-state index in [1.54, 1.807) is 24.3 Å². The third-order valence-electron chi connectivity index (χ3n) is 2.65. The lowest BCUT2D eigenvalue weighted by atomic mass is 10.1. The fourth-order valence-electron chi connectivity index (χ4n) is 1.74. The van der Waals surface area contributed by atoms with Gasteiger partial charge in [0.15, 0.2) is 0 Å². The van der Waals surface area contributed by atoms with Gasteiger partial charge in [-0.1, -0.05) is 11.6 Å². The molecule has 2 rings (SSSR count). The first-order chi connectivity index (χ1) is 8.65. The Bertz CT molecular complexity index is 447. The number of halogens is 1. The van der Waals surface area contributed by atoms with Gasteiger partial charge < -0.3 is 16.0 Å². The summed E-state index contributed by atoms with van der Waals surface area (Å²) in [6.07, 6.45) is 0.120. The minimum absolute atomic E-state index is 0.120. The topological polar surface area (TPSA) is 70.2 Å². The summed E-state index contributed by atoms with van der Waals surface area (Å²) < 4.78 is 0. The normalized spacial score (nSPS) is 19.2. The lowest BCUT2D eigenvalue weighted by Gasteiger charge is -2.22. The van der Waals surface area contributed by atoms with Crippen LogP contribution in [0.5, 0.6) is 0 Å². The second kappa shape index (κ2) is 5.84. The van der Waals surface area contributed by atoms with Gasteiger partial charge in [-0.25, -0.2) is 0 Å². The van der Waals surface area contributed by atoms with Crippen molar-refractivity contribution in [3.8, 4) is 0 Å². The van der Waals surface area contributed by atoms with E-state index in [1.807, 2.05) is 0 Å². The first-order valence-corrected chi connectivity index (χ1v) is 6.09. The maximum absolute atomic E-state index is 11.7. The lowest BCUT2D eigenvalue weighted by Crippen LogP contribution is -2.53. The third-order valence-corrected chi connectivity index (χ3v) is 2.90. The second-order valence-electron chi connectivity index (χ2n) is 4.06. The molecule has 1 atom stereocenters. The summed E-state index contributed by atoms with van der Waals surface area (Å²) in [5.41, 5.74) is 0.667. The van der Waals surface area contributed by atoms with Gasteiger partial charge in [0.05, 0.1) is 12.5 Å². The summed E-state index contributed by atoms with van der Waals surface area (Å²) in [4.78, 5) is 23.2. The molecule has 1 aromatic rings. The Morgan fingerprint density at radius 3 is 2.72 bits per heavy atom. The molecule has 0 spiro atoms. The van der Waals surface area contributed by atoms with Gasteiger partial charge in [0, 0.05) is 23.8 Å². The largest absolute Gasteiger partial charge is 0.353 e. The van der Waals surface area contributed by atoms with Crippen molar-refractivity contribution >= 4 is 29.1 Å². The zero-order chi connectivity index (χ0) is 13.0. The number of hydrogen-bond donors (Lipinski definition) is 3. The summed E-state index contributed by atoms with van der Waals surface area (Å²) in [7, 11) is 0. The number of hydrogen-bond acceptors (Lipinski definition) is 3. The number of piperazine rings is 1. The van der Waals surface area contributed by atoms with Crippen molar-refractivity contribution in [1.82, 2.24) is 10.6 Å². The minimum Gasteiger partial charge on any atom is -0.353 e. The standard InChI is InChI=1S/C12H14ClN3O2/c13-8-1-3-9(4-2-8)16-11(17)7-10-12(18)15-6-5-14-10/h1-4,10,14H,5-7H2,(H,15,18)(H,16,17)/t10-/m0/s1. The second-order valence-corrected chi connectivity index (χ2v) is 4.49. The van der Waals surface area contributed by atoms with Crippen molar-refractivity contribution in [1.29, 1.82) is 0 Å². The van der Waals surface area contributed by atoms with Crippen molar-refractivity contribution in [3.63, 3.8) is 0 Å². The smallest absolute Gasteiger partial charge is 0.237 e. The molecule has 0 aliphatic carbocycles. The Kier molecular flexibility index (Phi) is 4.17. The van der Waals surface area contributed by atoms with E-state index in [4.69, 9.17) is 11.6 Å². The van der Waals surface area contributed by atoms with E-state index in [1.165, 1.54) is 0 Å². The zero-order valence-electron chi connectivity index (χ0n) is 9.70. The maximum Gasteiger partial charge on any atom is 0.237 e. The van der Waals surface area contributed by atoms with Crippen LogP contribution in [0.1, 0.15) is 6.42 Å². The highest BCUT2D eigenvalue weighted by Crippen LogP contribution is 2.13. The molecule has 1 aliphatic heterocycles. The fraction of sp³-hybridized carbons (Fsp3) is 0.333. The van der Waals surface area contributed by atoms with Crippen LogP contribution in [-0.2, 0) is 9.59 Å². The molecule has 0 unspecified atom stereocenters. The molecule has 0 bridgehead atoms. The molecule has 3 N–H and O–H groups in total. The molecule has 1 aliphatic rings. The van der Waals surface area contributed by atoms with Crippen molar-refractivity contribution in [2.75, 3.05) is 18.4 Å². The van der Waals surface area contributed by atoms with Crippen LogP contribution < -0.4 is 16.0 Å². The van der Waals surface area contributed by atoms with Crippen LogP contribution in [0, 0.1) is 0 Å². The average molecular weight is 268 g/mol. The molecule has 1 heterocycles. The van der Waals surface area contributed by atoms with E-state index in [2.05, 4.69) is 16.0 Å². The van der Waals surface area contributed by atoms with Gasteiger partial charge in [0.2, 0.25) is 11.8 Å². The van der Waals surface area contributed by atoms with E-state index in [9.17, 15) is 9.59 Å². The average Bonchev–Trinajstić information content (AvgIpc) is 2.35. The molecule has 5 nitrogen and oxygen atoms in total. The summed E-state index contributed by atoms with van der Waals surface area (Å²) in [6.45, 7) is 1.29. The number of carbonyl (C=O) groups is 2. The van der Waals surface area contributed by atoms with Gasteiger partial charge in [-0.15, -0.1) is 0 Å². The molecule has 1 fully saturated rings. The highest BCUT2D eigenvalue weighted by molar-refractivity contribution is 6.30. The van der Waals surface area contributed by atoms with Crippen molar-refractivity contribution < 1.29 is 9.59 Å². The van der Waals surface area contributed by atoms with Crippen molar-refractivity contribution in [2.45, 2.75) is 12.5 Å². The molecular formula is C12H14ClN3O2.